The van der Waals surface area contributed by atoms with Gasteiger partial charge < -0.3 is 67.9 Å². The summed E-state index contributed by atoms with van der Waals surface area (Å²) in [6.07, 6.45) is 1.93. The molecule has 0 bridgehead atoms. The number of hydrogen-bond donors (Lipinski definition) is 11. The minimum absolute atomic E-state index is 0.0143. The van der Waals surface area contributed by atoms with Gasteiger partial charge in [-0.15, -0.1) is 0 Å². The Hall–Kier alpha value is -9.21. The van der Waals surface area contributed by atoms with Gasteiger partial charge in [-0.05, 0) is 104 Å². The number of aliphatic hydroxyl groups is 6. The second-order valence-corrected chi connectivity index (χ2v) is 22.6. The van der Waals surface area contributed by atoms with Crippen molar-refractivity contribution in [3.8, 4) is 11.5 Å². The van der Waals surface area contributed by atoms with E-state index < -0.39 is 104 Å². The molecule has 6 atom stereocenters. The van der Waals surface area contributed by atoms with Gasteiger partial charge in [0.25, 0.3) is 11.8 Å². The molecule has 0 spiro atoms. The zero-order valence-electron chi connectivity index (χ0n) is 47.1. The van der Waals surface area contributed by atoms with E-state index in [1.807, 2.05) is 55.1 Å². The topological polar surface area (TPSA) is 395 Å². The van der Waals surface area contributed by atoms with Gasteiger partial charge in [-0.1, -0.05) is 47.5 Å². The van der Waals surface area contributed by atoms with Crippen molar-refractivity contribution in [3.05, 3.63) is 145 Å². The van der Waals surface area contributed by atoms with Gasteiger partial charge in [0.05, 0.1) is 16.8 Å². The molecule has 2 fully saturated rings. The van der Waals surface area contributed by atoms with Crippen molar-refractivity contribution in [1.82, 2.24) is 0 Å². The maximum absolute atomic E-state index is 13.8. The molecular formula is C62H66N6O16. The number of primary amides is 2. The van der Waals surface area contributed by atoms with Crippen LogP contribution in [-0.4, -0.2) is 127 Å². The highest BCUT2D eigenvalue weighted by Gasteiger charge is 2.62. The number of phenolic OH excluding ortho intramolecular Hbond substituents is 2. The first kappa shape index (κ1) is 60.9. The van der Waals surface area contributed by atoms with Crippen molar-refractivity contribution in [3.63, 3.8) is 0 Å². The minimum atomic E-state index is -2.62. The Bertz CT molecular complexity index is 3680. The first-order valence-electron chi connectivity index (χ1n) is 27.0. The molecule has 0 heterocycles. The van der Waals surface area contributed by atoms with E-state index in [0.29, 0.717) is 39.3 Å². The summed E-state index contributed by atoms with van der Waals surface area (Å²) in [6.45, 7) is 3.93. The first-order chi connectivity index (χ1) is 39.5. The number of benzene rings is 4. The Labute approximate surface area is 482 Å². The quantitative estimate of drug-likeness (QED) is 0.0561. The Morgan fingerprint density at radius 3 is 1.43 bits per heavy atom. The molecule has 4 unspecified atom stereocenters. The number of aryl methyl sites for hydroxylation is 3. The van der Waals surface area contributed by atoms with E-state index in [4.69, 9.17) is 17.2 Å². The summed E-state index contributed by atoms with van der Waals surface area (Å²) in [4.78, 5) is 105. The lowest BCUT2D eigenvalue weighted by molar-refractivity contribution is -0.148. The Morgan fingerprint density at radius 1 is 0.631 bits per heavy atom. The smallest absolute Gasteiger partial charge is 0.255 e. The van der Waals surface area contributed by atoms with E-state index in [1.54, 1.807) is 57.4 Å². The molecule has 4 aromatic rings. The lowest BCUT2D eigenvalue weighted by Crippen LogP contribution is -2.58. The second-order valence-electron chi connectivity index (χ2n) is 22.6. The van der Waals surface area contributed by atoms with Crippen LogP contribution < -0.4 is 27.0 Å². The number of nitrogens with zero attached hydrogens (tertiary/aromatic N) is 3. The minimum Gasteiger partial charge on any atom is -0.508 e. The highest BCUT2D eigenvalue weighted by molar-refractivity contribution is 6.24. The number of aliphatic hydroxyl groups excluding tert-OH is 4. The van der Waals surface area contributed by atoms with Crippen LogP contribution in [0.15, 0.2) is 99.5 Å². The van der Waals surface area contributed by atoms with Crippen molar-refractivity contribution in [1.29, 1.82) is 0 Å². The van der Waals surface area contributed by atoms with Crippen molar-refractivity contribution >= 4 is 75.4 Å². The summed E-state index contributed by atoms with van der Waals surface area (Å²) in [6, 6.07) is 18.5. The lowest BCUT2D eigenvalue weighted by Gasteiger charge is -2.46. The first-order valence-corrected chi connectivity index (χ1v) is 27.0. The van der Waals surface area contributed by atoms with Crippen LogP contribution in [0.5, 0.6) is 11.5 Å². The van der Waals surface area contributed by atoms with Crippen molar-refractivity contribution in [2.24, 2.45) is 45.9 Å². The molecule has 0 aromatic heterocycles. The molecule has 22 heteroatoms. The largest absolute Gasteiger partial charge is 0.508 e. The van der Waals surface area contributed by atoms with Crippen molar-refractivity contribution in [2.45, 2.75) is 89.4 Å². The van der Waals surface area contributed by atoms with Crippen LogP contribution in [0.4, 0.5) is 17.1 Å². The number of carbonyl (C=O) groups is 7. The molecule has 0 radical (unpaired) electrons. The molecule has 0 aliphatic heterocycles. The summed E-state index contributed by atoms with van der Waals surface area (Å²) in [5.41, 5.74) is 16.2. The molecule has 22 nitrogen and oxygen atoms in total. The number of isocyanates is 1. The number of hydrogen-bond acceptors (Lipinski definition) is 20. The average Bonchev–Trinajstić information content (AvgIpc) is 0.800. The van der Waals surface area contributed by atoms with Crippen molar-refractivity contribution < 1.29 is 79.2 Å². The zero-order valence-corrected chi connectivity index (χ0v) is 47.1. The molecule has 0 saturated heterocycles. The van der Waals surface area contributed by atoms with Crippen LogP contribution in [0.3, 0.4) is 0 Å². The summed E-state index contributed by atoms with van der Waals surface area (Å²) in [5, 5.41) is 88.7. The highest BCUT2D eigenvalue weighted by Crippen LogP contribution is 2.56. The van der Waals surface area contributed by atoms with Crippen LogP contribution >= 0.6 is 0 Å². The molecule has 2 amide bonds. The molecule has 6 aliphatic carbocycles. The average molecular weight is 1150 g/mol. The van der Waals surface area contributed by atoms with E-state index in [2.05, 4.69) is 4.99 Å². The molecule has 84 heavy (non-hydrogen) atoms. The number of nitrogens with two attached hydrogens (primary N) is 3. The summed E-state index contributed by atoms with van der Waals surface area (Å²) < 4.78 is 0. The number of phenols is 2. The number of Topliss-reactive ketones (excluding diaryl/α,β-unsaturated/α-hetero) is 5. The Balaban J connectivity index is 0.000000192. The third kappa shape index (κ3) is 10.5. The van der Waals surface area contributed by atoms with E-state index in [0.717, 1.165) is 16.7 Å². The fourth-order valence-corrected chi connectivity index (χ4v) is 12.6. The van der Waals surface area contributed by atoms with Gasteiger partial charge in [-0.25, -0.2) is 4.79 Å². The van der Waals surface area contributed by atoms with Gasteiger partial charge in [0.2, 0.25) is 17.6 Å². The van der Waals surface area contributed by atoms with Gasteiger partial charge in [0, 0.05) is 100 Å². The molecule has 2 saturated carbocycles. The van der Waals surface area contributed by atoms with E-state index >= 15 is 0 Å². The fourth-order valence-electron chi connectivity index (χ4n) is 12.6. The maximum atomic E-state index is 13.8. The summed E-state index contributed by atoms with van der Waals surface area (Å²) >= 11 is 0. The number of aliphatic imine (C=N–C) groups is 1. The molecule has 4 aromatic carbocycles. The number of anilines is 2. The van der Waals surface area contributed by atoms with Gasteiger partial charge in [-0.3, -0.25) is 33.6 Å². The lowest BCUT2D eigenvalue weighted by atomic mass is 9.59. The zero-order chi connectivity index (χ0) is 61.8. The standard InChI is InChI=1S/C32H34N2O8.C22H25N3O7.C8H7NO/c1-15-4-6-16(7-5-15)10-20(35)9-8-17-13-22(34(2)3)21-12-18-11-19-14-23(36)26(31(33)41)30(40)32(19,42)29(39)24(18)28(38)25(21)27(17)37;1-25(2)12-5-9(7-23)17(27)15-11(12)4-8-3-10-6-13(26)16(21(24)31)20(30)22(10,32)19(29)14(8)18(15)28;1-7-2-4-8(5-3-7)9-6-10/h4-7,13,18-19,37-38,40,42H,8-12,14H2,1-3H3,(H2,33,41);5,8,10,27-28,30,32H,3-4,6-7,23H2,1-2H3,(H2,24,31);2-5H,1H3/t18?,19?,32-;8?,10?,22-;/m00./s1. The van der Waals surface area contributed by atoms with Gasteiger partial charge in [0.1, 0.15) is 51.5 Å². The Kier molecular flexibility index (Phi) is 16.8. The number of ketones is 5. The number of carbonyl (C=O) groups excluding carboxylic acids is 8. The third-order valence-corrected chi connectivity index (χ3v) is 16.8. The number of amides is 2. The number of fused-ring (bicyclic) bond motifs is 6. The summed E-state index contributed by atoms with van der Waals surface area (Å²) in [7, 11) is 7.19. The van der Waals surface area contributed by atoms with Crippen LogP contribution in [0, 0.1) is 37.5 Å². The van der Waals surface area contributed by atoms with Crippen molar-refractivity contribution in [2.75, 3.05) is 38.0 Å². The van der Waals surface area contributed by atoms with Crippen LogP contribution in [-0.2, 0) is 70.6 Å². The molecular weight excluding hydrogens is 1080 g/mol. The van der Waals surface area contributed by atoms with Gasteiger partial charge in [0.15, 0.2) is 22.8 Å². The SMILES string of the molecule is CN(C)c1cc(CN)c(O)c2c1CC1CC3CC(=O)C(C(N)=O)=C(O)[C@@]3(O)C(=O)C1=C2O.Cc1ccc(CC(=O)CCc2cc(N(C)C)c3c(c2O)C(O)=C2C(=O)[C@]4(O)C(O)=C(C(N)=O)C(=O)CC4CC2C3)cc1.Cc1ccc(N=C=O)cc1. The fraction of sp³-hybridized carbons (Fsp3) is 0.355. The van der Waals surface area contributed by atoms with Crippen LogP contribution in [0.25, 0.3) is 11.5 Å². The summed E-state index contributed by atoms with van der Waals surface area (Å²) in [5.74, 6) is -13.1. The van der Waals surface area contributed by atoms with E-state index in [-0.39, 0.29) is 104 Å². The molecule has 10 rings (SSSR count). The second kappa shape index (κ2) is 23.2. The van der Waals surface area contributed by atoms with Gasteiger partial charge >= 0.3 is 0 Å². The predicted molar refractivity (Wildman–Crippen MR) is 306 cm³/mol. The van der Waals surface area contributed by atoms with Crippen LogP contribution in [0.1, 0.15) is 82.2 Å². The number of rotatable bonds is 11. The van der Waals surface area contributed by atoms with E-state index in [1.165, 1.54) is 6.08 Å². The Morgan fingerprint density at radius 2 is 1.04 bits per heavy atom. The van der Waals surface area contributed by atoms with Crippen LogP contribution in [0.2, 0.25) is 0 Å². The molecule has 440 valence electrons. The van der Waals surface area contributed by atoms with E-state index in [9.17, 15) is 79.2 Å². The molecule has 14 N–H and O–H groups in total. The van der Waals surface area contributed by atoms with Gasteiger partial charge in [-0.2, -0.15) is 4.99 Å². The predicted octanol–water partition coefficient (Wildman–Crippen LogP) is 4.45. The maximum Gasteiger partial charge on any atom is 0.255 e. The molecule has 6 aliphatic rings. The number of aromatic hydroxyl groups is 2. The highest BCUT2D eigenvalue weighted by atomic mass is 16.4. The third-order valence-electron chi connectivity index (χ3n) is 16.8. The normalized spacial score (nSPS) is 23.0. The monoisotopic (exact) mass is 1150 g/mol.